The van der Waals surface area contributed by atoms with Crippen molar-refractivity contribution in [3.63, 3.8) is 0 Å². The zero-order valence-corrected chi connectivity index (χ0v) is 71.6. The minimum Gasteiger partial charge on any atom is -0.490 e. The second-order valence-electron chi connectivity index (χ2n) is 27.9. The Balaban J connectivity index is 0.00000832. The maximum Gasteiger partial charge on any atom is 0.261 e. The van der Waals surface area contributed by atoms with Crippen LogP contribution in [-0.4, -0.2) is 298 Å². The van der Waals surface area contributed by atoms with Gasteiger partial charge in [-0.2, -0.15) is 0 Å². The molecule has 121 heavy (non-hydrogen) atoms. The molecule has 29 heteroatoms. The van der Waals surface area contributed by atoms with E-state index < -0.39 is 11.8 Å². The largest absolute Gasteiger partial charge is 0.490 e. The summed E-state index contributed by atoms with van der Waals surface area (Å²) in [4.78, 5) is 76.9. The Hall–Kier alpha value is -8.27. The van der Waals surface area contributed by atoms with Crippen LogP contribution >= 0.6 is 0 Å². The van der Waals surface area contributed by atoms with Crippen molar-refractivity contribution >= 4 is 66.7 Å². The van der Waals surface area contributed by atoms with E-state index in [-0.39, 0.29) is 71.6 Å². The van der Waals surface area contributed by atoms with Crippen molar-refractivity contribution < 1.29 is 132 Å². The smallest absolute Gasteiger partial charge is 0.261 e. The fourth-order valence-electron chi connectivity index (χ4n) is 14.3. The molecular weight excluding hydrogens is 1650 g/mol. The number of benzene rings is 6. The van der Waals surface area contributed by atoms with E-state index in [1.807, 2.05) is 119 Å². The number of rotatable bonds is 61. The van der Waals surface area contributed by atoms with Crippen LogP contribution in [0.2, 0.25) is 0 Å². The number of hydrogen-bond acceptors (Lipinski definition) is 25. The van der Waals surface area contributed by atoms with Gasteiger partial charge in [0.2, 0.25) is 0 Å². The summed E-state index contributed by atoms with van der Waals surface area (Å²) < 4.78 is 101. The maximum absolute atomic E-state index is 15.2. The Morgan fingerprint density at radius 1 is 0.314 bits per heavy atom. The summed E-state index contributed by atoms with van der Waals surface area (Å²) in [5, 5.41) is 4.97. The van der Waals surface area contributed by atoms with Crippen LogP contribution in [-0.2, 0) is 103 Å². The molecule has 9 aromatic rings. The monoisotopic (exact) mass is 1760 g/mol. The van der Waals surface area contributed by atoms with Crippen LogP contribution in [0.15, 0.2) is 122 Å². The summed E-state index contributed by atoms with van der Waals surface area (Å²) in [6.45, 7) is 22.8. The molecule has 28 nitrogen and oxygen atoms in total. The van der Waals surface area contributed by atoms with E-state index >= 15 is 9.59 Å². The predicted molar refractivity (Wildman–Crippen MR) is 454 cm³/mol. The number of methoxy groups -OCH3 is 1. The third kappa shape index (κ3) is 27.4. The number of carbonyl (C=O) groups is 4. The van der Waals surface area contributed by atoms with Crippen LogP contribution in [0.4, 0.5) is 0 Å². The van der Waals surface area contributed by atoms with E-state index in [9.17, 15) is 9.59 Å². The summed E-state index contributed by atoms with van der Waals surface area (Å²) in [7, 11) is 1.64. The summed E-state index contributed by atoms with van der Waals surface area (Å²) in [6, 6.07) is 33.8. The van der Waals surface area contributed by atoms with Crippen LogP contribution < -0.4 is 4.74 Å². The molecule has 2 aliphatic rings. The van der Waals surface area contributed by atoms with E-state index in [0.717, 1.165) is 22.5 Å². The van der Waals surface area contributed by atoms with Crippen molar-refractivity contribution in [2.75, 3.05) is 232 Å². The van der Waals surface area contributed by atoms with Crippen molar-refractivity contribution in [3.05, 3.63) is 155 Å². The Kier molecular flexibility index (Phi) is 42.8. The van der Waals surface area contributed by atoms with Crippen molar-refractivity contribution in [2.45, 2.75) is 65.5 Å². The van der Waals surface area contributed by atoms with Gasteiger partial charge >= 0.3 is 0 Å². The Morgan fingerprint density at radius 3 is 0.975 bits per heavy atom. The van der Waals surface area contributed by atoms with Crippen molar-refractivity contribution in [2.24, 2.45) is 0 Å². The molecule has 6 aromatic carbocycles. The molecule has 5 heterocycles. The summed E-state index contributed by atoms with van der Waals surface area (Å²) >= 11 is 0. The number of amides is 4. The van der Waals surface area contributed by atoms with Crippen LogP contribution in [0.5, 0.6) is 5.75 Å². The van der Waals surface area contributed by atoms with Crippen molar-refractivity contribution in [3.8, 4) is 51.5 Å². The Bertz CT molecular complexity index is 4630. The molecule has 657 valence electrons. The molecule has 0 fully saturated rings. The number of hydrogen-bond donors (Lipinski definition) is 0. The van der Waals surface area contributed by atoms with Crippen LogP contribution in [0.25, 0.3) is 77.0 Å². The quantitative estimate of drug-likeness (QED) is 0.00853. The average molecular weight is 1770 g/mol. The molecular formula is C92H115AgN5O23. The average Bonchev–Trinajstić information content (AvgIpc) is 0.680. The number of imide groups is 2. The third-order valence-electron chi connectivity index (χ3n) is 20.2. The number of fused-ring (bicyclic) bond motifs is 2. The topological polar surface area (TPSA) is 311 Å². The molecule has 2 aliphatic heterocycles. The van der Waals surface area contributed by atoms with E-state index in [2.05, 4.69) is 21.8 Å². The van der Waals surface area contributed by atoms with E-state index in [4.69, 9.17) is 90.2 Å². The first-order valence-electron chi connectivity index (χ1n) is 41.6. The molecule has 0 atom stereocenters. The molecule has 4 amide bonds. The first-order chi connectivity index (χ1) is 58.7. The van der Waals surface area contributed by atoms with Gasteiger partial charge in [0.1, 0.15) is 12.4 Å². The molecule has 0 unspecified atom stereocenters. The number of pyridine rings is 3. The third-order valence-corrected chi connectivity index (χ3v) is 20.2. The van der Waals surface area contributed by atoms with Gasteiger partial charge in [-0.05, 0) is 120 Å². The Labute approximate surface area is 723 Å². The van der Waals surface area contributed by atoms with E-state index in [1.54, 1.807) is 37.7 Å². The molecule has 3 aromatic heterocycles. The molecule has 0 spiro atoms. The Morgan fingerprint density at radius 2 is 0.636 bits per heavy atom. The van der Waals surface area contributed by atoms with Gasteiger partial charge in [-0.25, -0.2) is 4.98 Å². The fourth-order valence-corrected chi connectivity index (χ4v) is 14.3. The van der Waals surface area contributed by atoms with Gasteiger partial charge in [-0.1, -0.05) is 75.9 Å². The zero-order chi connectivity index (χ0) is 83.0. The molecule has 0 bridgehead atoms. The SMILES string of the molecule is CCC(CC)N1C(=O)c2ccc3c4c(OCCOCCOCCOCCOCCOCCOCCOCCOCCOCCOCCOCCOCCOCCOCCOCCOCCOC)cc5c6c(ccc(c7c(C#Cc8ccc(-c9cc(-c%10ccccn%10)nc(-c%10ccccn%10)c9)cc8)cc(c2c37)C1=O)c64)C(=O)N(C(CC)CC)C5=O.O.[Ag]. The number of carbonyl (C=O) groups excluding carboxylic acids is 4. The zero-order valence-electron chi connectivity index (χ0n) is 70.1. The first kappa shape index (κ1) is 96.5. The van der Waals surface area contributed by atoms with Gasteiger partial charge in [0.05, 0.1) is 246 Å². The number of nitrogens with zero attached hydrogens (tertiary/aromatic N) is 5. The number of ether oxygens (including phenoxy) is 18. The summed E-state index contributed by atoms with van der Waals surface area (Å²) in [6.07, 6.45) is 5.79. The molecule has 2 N–H and O–H groups in total. The molecule has 0 saturated heterocycles. The number of aromatic nitrogens is 3. The van der Waals surface area contributed by atoms with Crippen molar-refractivity contribution in [1.29, 1.82) is 0 Å². The van der Waals surface area contributed by atoms with Gasteiger partial charge in [0.15, 0.2) is 0 Å². The second kappa shape index (κ2) is 53.7. The molecule has 1 radical (unpaired) electrons. The van der Waals surface area contributed by atoms with Gasteiger partial charge in [-0.3, -0.25) is 38.9 Å². The van der Waals surface area contributed by atoms with Gasteiger partial charge in [0.25, 0.3) is 23.6 Å². The minimum atomic E-state index is -0.411. The summed E-state index contributed by atoms with van der Waals surface area (Å²) in [5.41, 5.74) is 7.42. The van der Waals surface area contributed by atoms with Gasteiger partial charge in [0, 0.05) is 114 Å². The van der Waals surface area contributed by atoms with Gasteiger partial charge < -0.3 is 90.7 Å². The van der Waals surface area contributed by atoms with Crippen LogP contribution in [0.1, 0.15) is 106 Å². The first-order valence-corrected chi connectivity index (χ1v) is 41.6. The van der Waals surface area contributed by atoms with Crippen molar-refractivity contribution in [1.82, 2.24) is 24.8 Å². The maximum atomic E-state index is 15.2. The van der Waals surface area contributed by atoms with Crippen LogP contribution in [0, 0.1) is 11.8 Å². The molecule has 0 aliphatic carbocycles. The second-order valence-corrected chi connectivity index (χ2v) is 27.9. The minimum absolute atomic E-state index is 0. The predicted octanol–water partition coefficient (Wildman–Crippen LogP) is 11.4. The van der Waals surface area contributed by atoms with E-state index in [1.165, 1.54) is 9.80 Å². The summed E-state index contributed by atoms with van der Waals surface area (Å²) in [5.74, 6) is 5.81. The molecule has 0 saturated carbocycles. The van der Waals surface area contributed by atoms with Crippen LogP contribution in [0.3, 0.4) is 0 Å². The fraction of sp³-hybridized carbons (Fsp3) is 0.489. The standard InChI is InChI=1S/C92H113N5O22.Ag.H2O/c1-6-70(7-2)96-89(98)74-25-23-73-86-82(119-61-60-118-59-58-117-57-56-116-55-54-115-53-52-114-51-50-113-49-48-112-47-46-111-45-44-110-43-42-109-41-40-108-39-38-107-37-36-106-35-34-105-33-32-104-31-30-103-29-28-102-5)65-77-85-75(90(99)97(92(77)101)71(8-3)9-4)24-22-72(88(85)86)83-68(62-76(91(96)100)84(74)87(73)83)21-18-66-16-19-67(20-17-66)69-63-80(78-14-10-12-26-93-78)95-81(64-69)79-15-11-13-27-94-79;;/h10-17,19-20,22-27,62-65,70-71H,6-9,28-61H2,1-5H3;;1H2. The molecule has 11 rings (SSSR count). The van der Waals surface area contributed by atoms with Gasteiger partial charge in [-0.15, -0.1) is 0 Å². The van der Waals surface area contributed by atoms with E-state index in [0.29, 0.717) is 324 Å². The normalized spacial score (nSPS) is 12.7.